The van der Waals surface area contributed by atoms with Crippen LogP contribution in [0.1, 0.15) is 41.6 Å². The van der Waals surface area contributed by atoms with Crippen LogP contribution < -0.4 is 0 Å². The first-order chi connectivity index (χ1) is 14.1. The van der Waals surface area contributed by atoms with Crippen molar-refractivity contribution in [3.63, 3.8) is 0 Å². The fourth-order valence-electron chi connectivity index (χ4n) is 4.21. The van der Waals surface area contributed by atoms with Gasteiger partial charge in [-0.1, -0.05) is 48.5 Å². The molecule has 3 aromatic rings. The van der Waals surface area contributed by atoms with Gasteiger partial charge in [0.15, 0.2) is 0 Å². The Morgan fingerprint density at radius 1 is 1.03 bits per heavy atom. The molecule has 2 atom stereocenters. The molecule has 148 valence electrons. The quantitative estimate of drug-likeness (QED) is 0.525. The van der Waals surface area contributed by atoms with Crippen LogP contribution in [0, 0.1) is 5.92 Å². The lowest BCUT2D eigenvalue weighted by Gasteiger charge is -2.19. The molecular weight excluding hydrogens is 380 g/mol. The van der Waals surface area contributed by atoms with E-state index in [4.69, 9.17) is 5.11 Å². The van der Waals surface area contributed by atoms with Crippen LogP contribution in [0.4, 0.5) is 0 Å². The zero-order valence-corrected chi connectivity index (χ0v) is 17.0. The number of benzene rings is 3. The van der Waals surface area contributed by atoms with Crippen LogP contribution >= 0.6 is 11.8 Å². The lowest BCUT2D eigenvalue weighted by Crippen LogP contribution is -2.17. The molecule has 1 saturated carbocycles. The van der Waals surface area contributed by atoms with E-state index in [1.54, 1.807) is 30.0 Å². The van der Waals surface area contributed by atoms with E-state index in [0.29, 0.717) is 23.7 Å². The molecule has 4 rings (SSSR count). The summed E-state index contributed by atoms with van der Waals surface area (Å²) in [4.78, 5) is 24.9. The zero-order chi connectivity index (χ0) is 20.2. The highest BCUT2D eigenvalue weighted by Crippen LogP contribution is 2.41. The summed E-state index contributed by atoms with van der Waals surface area (Å²) in [5.74, 6) is -0.144. The van der Waals surface area contributed by atoms with E-state index in [9.17, 15) is 9.59 Å². The van der Waals surface area contributed by atoms with E-state index in [0.717, 1.165) is 31.2 Å². The first-order valence-electron chi connectivity index (χ1n) is 10.1. The second-order valence-electron chi connectivity index (χ2n) is 7.68. The van der Waals surface area contributed by atoms with Crippen molar-refractivity contribution in [2.24, 2.45) is 5.92 Å². The molecule has 1 aliphatic rings. The number of aromatic carboxylic acids is 1. The molecule has 0 amide bonds. The Morgan fingerprint density at radius 3 is 2.69 bits per heavy atom. The van der Waals surface area contributed by atoms with Crippen LogP contribution in [0.25, 0.3) is 10.8 Å². The summed E-state index contributed by atoms with van der Waals surface area (Å²) in [6, 6.07) is 21.8. The fourth-order valence-corrected chi connectivity index (χ4v) is 5.66. The standard InChI is InChI=1S/C25H24O3S/c26-22-15-14-19(10-3-6-17-7-4-11-20(16-17)25(27)28)24(22)29-23-13-5-9-18-8-1-2-12-21(18)23/h1-2,4-5,7-9,11-13,16,19,24H,3,6,10,14-15H2,(H,27,28)/t19-,24?/m0/s1. The number of carboxylic acid groups (broad SMARTS) is 1. The Labute approximate surface area is 175 Å². The number of carbonyl (C=O) groups is 2. The van der Waals surface area contributed by atoms with Crippen LogP contribution in [0.15, 0.2) is 71.6 Å². The largest absolute Gasteiger partial charge is 0.478 e. The van der Waals surface area contributed by atoms with Gasteiger partial charge in [-0.2, -0.15) is 0 Å². The molecule has 3 nitrogen and oxygen atoms in total. The Hall–Kier alpha value is -2.59. The van der Waals surface area contributed by atoms with Crippen molar-refractivity contribution in [1.82, 2.24) is 0 Å². The van der Waals surface area contributed by atoms with Gasteiger partial charge in [-0.25, -0.2) is 4.79 Å². The predicted octanol–water partition coefficient (Wildman–Crippen LogP) is 6.00. The molecule has 0 bridgehead atoms. The smallest absolute Gasteiger partial charge is 0.335 e. The van der Waals surface area contributed by atoms with Crippen molar-refractivity contribution < 1.29 is 14.7 Å². The number of thioether (sulfide) groups is 1. The minimum atomic E-state index is -0.889. The maximum absolute atomic E-state index is 12.6. The van der Waals surface area contributed by atoms with Gasteiger partial charge in [0.1, 0.15) is 5.78 Å². The van der Waals surface area contributed by atoms with Gasteiger partial charge in [0.05, 0.1) is 10.8 Å². The average molecular weight is 405 g/mol. The molecule has 0 radical (unpaired) electrons. The third kappa shape index (κ3) is 4.54. The summed E-state index contributed by atoms with van der Waals surface area (Å²) in [7, 11) is 0. The predicted molar refractivity (Wildman–Crippen MR) is 118 cm³/mol. The van der Waals surface area contributed by atoms with Gasteiger partial charge in [-0.3, -0.25) is 4.79 Å². The van der Waals surface area contributed by atoms with E-state index in [1.165, 1.54) is 15.7 Å². The van der Waals surface area contributed by atoms with Gasteiger partial charge < -0.3 is 5.11 Å². The number of carboxylic acids is 1. The van der Waals surface area contributed by atoms with Gasteiger partial charge in [0.2, 0.25) is 0 Å². The van der Waals surface area contributed by atoms with Crippen LogP contribution in [-0.4, -0.2) is 22.1 Å². The summed E-state index contributed by atoms with van der Waals surface area (Å²) in [5, 5.41) is 11.6. The second-order valence-corrected chi connectivity index (χ2v) is 8.86. The SMILES string of the molecule is O=C(O)c1cccc(CCC[C@H]2CCC(=O)C2Sc2cccc3ccccc23)c1. The number of carbonyl (C=O) groups excluding carboxylic acids is 1. The van der Waals surface area contributed by atoms with E-state index in [2.05, 4.69) is 30.3 Å². The number of aryl methyl sites for hydroxylation is 1. The van der Waals surface area contributed by atoms with Crippen LogP contribution in [0.3, 0.4) is 0 Å². The van der Waals surface area contributed by atoms with Crippen molar-refractivity contribution in [3.05, 3.63) is 77.9 Å². The molecule has 1 aliphatic carbocycles. The van der Waals surface area contributed by atoms with Gasteiger partial charge >= 0.3 is 5.97 Å². The molecule has 0 saturated heterocycles. The fraction of sp³-hybridized carbons (Fsp3) is 0.280. The van der Waals surface area contributed by atoms with Gasteiger partial charge in [-0.05, 0) is 66.1 Å². The molecule has 0 aliphatic heterocycles. The number of ketones is 1. The van der Waals surface area contributed by atoms with E-state index < -0.39 is 5.97 Å². The molecule has 4 heteroatoms. The van der Waals surface area contributed by atoms with Gasteiger partial charge in [-0.15, -0.1) is 11.8 Å². The van der Waals surface area contributed by atoms with Gasteiger partial charge in [0.25, 0.3) is 0 Å². The van der Waals surface area contributed by atoms with Gasteiger partial charge in [0, 0.05) is 11.3 Å². The van der Waals surface area contributed by atoms with Crippen molar-refractivity contribution in [1.29, 1.82) is 0 Å². The Balaban J connectivity index is 1.42. The summed E-state index contributed by atoms with van der Waals surface area (Å²) in [6.45, 7) is 0. The molecule has 1 fully saturated rings. The third-order valence-electron chi connectivity index (χ3n) is 5.72. The Kier molecular flexibility index (Phi) is 6.00. The third-order valence-corrected chi connectivity index (χ3v) is 7.24. The molecule has 0 heterocycles. The first kappa shape index (κ1) is 19.7. The van der Waals surface area contributed by atoms with Crippen molar-refractivity contribution in [3.8, 4) is 0 Å². The minimum absolute atomic E-state index is 0.0196. The molecule has 1 N–H and O–H groups in total. The number of rotatable bonds is 7. The topological polar surface area (TPSA) is 54.4 Å². The Bertz CT molecular complexity index is 1040. The zero-order valence-electron chi connectivity index (χ0n) is 16.2. The average Bonchev–Trinajstić information content (AvgIpc) is 3.08. The summed E-state index contributed by atoms with van der Waals surface area (Å²) in [5.41, 5.74) is 1.38. The number of Topliss-reactive ketones (excluding diaryl/α,β-unsaturated/α-hetero) is 1. The molecule has 29 heavy (non-hydrogen) atoms. The van der Waals surface area contributed by atoms with E-state index >= 15 is 0 Å². The first-order valence-corrected chi connectivity index (χ1v) is 11.0. The number of hydrogen-bond acceptors (Lipinski definition) is 3. The van der Waals surface area contributed by atoms with Crippen LogP contribution in [0.5, 0.6) is 0 Å². The second kappa shape index (κ2) is 8.83. The Morgan fingerprint density at radius 2 is 1.83 bits per heavy atom. The summed E-state index contributed by atoms with van der Waals surface area (Å²) in [6.07, 6.45) is 4.43. The highest BCUT2D eigenvalue weighted by molar-refractivity contribution is 8.00. The van der Waals surface area contributed by atoms with Crippen molar-refractivity contribution in [2.75, 3.05) is 0 Å². The molecule has 0 spiro atoms. The monoisotopic (exact) mass is 404 g/mol. The van der Waals surface area contributed by atoms with Crippen LogP contribution in [0.2, 0.25) is 0 Å². The highest BCUT2D eigenvalue weighted by Gasteiger charge is 2.35. The van der Waals surface area contributed by atoms with Crippen molar-refractivity contribution >= 4 is 34.3 Å². The number of fused-ring (bicyclic) bond motifs is 1. The van der Waals surface area contributed by atoms with E-state index in [1.807, 2.05) is 18.2 Å². The maximum Gasteiger partial charge on any atom is 0.335 e. The summed E-state index contributed by atoms with van der Waals surface area (Å²) >= 11 is 1.72. The van der Waals surface area contributed by atoms with E-state index in [-0.39, 0.29) is 5.25 Å². The summed E-state index contributed by atoms with van der Waals surface area (Å²) < 4.78 is 0. The molecule has 1 unspecified atom stereocenters. The maximum atomic E-state index is 12.6. The molecule has 0 aromatic heterocycles. The normalized spacial score (nSPS) is 19.0. The number of hydrogen-bond donors (Lipinski definition) is 1. The minimum Gasteiger partial charge on any atom is -0.478 e. The lowest BCUT2D eigenvalue weighted by molar-refractivity contribution is -0.117. The van der Waals surface area contributed by atoms with Crippen molar-refractivity contribution in [2.45, 2.75) is 42.2 Å². The lowest BCUT2D eigenvalue weighted by atomic mass is 9.97. The van der Waals surface area contributed by atoms with Crippen LogP contribution in [-0.2, 0) is 11.2 Å². The molecular formula is C25H24O3S. The molecule has 3 aromatic carbocycles. The highest BCUT2D eigenvalue weighted by atomic mass is 32.2.